The Labute approximate surface area is 172 Å². The Morgan fingerprint density at radius 3 is 2.07 bits per heavy atom. The van der Waals surface area contributed by atoms with Crippen LogP contribution in [0.3, 0.4) is 0 Å². The van der Waals surface area contributed by atoms with Crippen LogP contribution in [0, 0.1) is 13.8 Å². The molecule has 0 fully saturated rings. The average molecular weight is 402 g/mol. The number of pyridine rings is 1. The predicted molar refractivity (Wildman–Crippen MR) is 119 cm³/mol. The Hall–Kier alpha value is -3.87. The highest BCUT2D eigenvalue weighted by atomic mass is 16.2. The summed E-state index contributed by atoms with van der Waals surface area (Å²) in [6, 6.07) is 16.3. The topological polar surface area (TPSA) is 78.0 Å². The highest BCUT2D eigenvalue weighted by Gasteiger charge is 2.19. The summed E-state index contributed by atoms with van der Waals surface area (Å²) < 4.78 is 3.78. The number of anilines is 2. The summed E-state index contributed by atoms with van der Waals surface area (Å²) in [5.74, 6) is 0. The fraction of sp³-hybridized carbons (Fsp3) is 0.174. The second kappa shape index (κ2) is 7.18. The fourth-order valence-electron chi connectivity index (χ4n) is 3.82. The van der Waals surface area contributed by atoms with Crippen LogP contribution < -0.4 is 22.1 Å². The van der Waals surface area contributed by atoms with Gasteiger partial charge in [-0.15, -0.1) is 0 Å². The number of rotatable bonds is 3. The van der Waals surface area contributed by atoms with E-state index in [0.717, 1.165) is 21.4 Å². The zero-order chi connectivity index (χ0) is 21.6. The first-order valence-electron chi connectivity index (χ1n) is 9.54. The molecule has 0 aliphatic carbocycles. The van der Waals surface area contributed by atoms with Gasteiger partial charge in [-0.1, -0.05) is 24.3 Å². The van der Waals surface area contributed by atoms with Crippen LogP contribution in [0.25, 0.3) is 16.7 Å². The third kappa shape index (κ3) is 3.14. The number of nitrogens with one attached hydrogen (secondary N) is 1. The maximum Gasteiger partial charge on any atom is 0.332 e. The number of hydrogen-bond acceptors (Lipinski definition) is 4. The Morgan fingerprint density at radius 2 is 1.43 bits per heavy atom. The molecule has 4 aromatic rings. The van der Waals surface area contributed by atoms with Gasteiger partial charge in [0.25, 0.3) is 11.1 Å². The van der Waals surface area contributed by atoms with E-state index in [4.69, 9.17) is 0 Å². The summed E-state index contributed by atoms with van der Waals surface area (Å²) in [6.45, 7) is 3.96. The fourth-order valence-corrected chi connectivity index (χ4v) is 3.82. The molecule has 0 radical (unpaired) electrons. The molecule has 1 N–H and O–H groups in total. The lowest BCUT2D eigenvalue weighted by molar-refractivity contribution is 0.699. The number of para-hydroxylation sites is 1. The molecule has 2 aromatic carbocycles. The van der Waals surface area contributed by atoms with Crippen molar-refractivity contribution < 1.29 is 0 Å². The van der Waals surface area contributed by atoms with Gasteiger partial charge >= 0.3 is 5.69 Å². The van der Waals surface area contributed by atoms with Crippen molar-refractivity contribution in [2.75, 3.05) is 5.32 Å². The second-order valence-corrected chi connectivity index (χ2v) is 7.47. The molecule has 30 heavy (non-hydrogen) atoms. The highest BCUT2D eigenvalue weighted by molar-refractivity contribution is 5.91. The van der Waals surface area contributed by atoms with Gasteiger partial charge in [-0.2, -0.15) is 0 Å². The first-order valence-corrected chi connectivity index (χ1v) is 9.54. The molecule has 0 aliphatic rings. The van der Waals surface area contributed by atoms with Gasteiger partial charge < -0.3 is 5.32 Å². The Kier molecular flexibility index (Phi) is 4.66. The molecule has 0 spiro atoms. The van der Waals surface area contributed by atoms with Gasteiger partial charge in [0.2, 0.25) is 0 Å². The van der Waals surface area contributed by atoms with Crippen LogP contribution in [0.4, 0.5) is 11.4 Å². The van der Waals surface area contributed by atoms with Gasteiger partial charge in [0.15, 0.2) is 0 Å². The first kappa shape index (κ1) is 19.4. The lowest BCUT2D eigenvalue weighted by Gasteiger charge is -2.18. The molecular formula is C23H22N4O3. The lowest BCUT2D eigenvalue weighted by atomic mass is 10.1. The molecule has 7 nitrogen and oxygen atoms in total. The number of hydrogen-bond donors (Lipinski definition) is 1. The predicted octanol–water partition coefficient (Wildman–Crippen LogP) is 2.75. The molecule has 0 unspecified atom stereocenters. The van der Waals surface area contributed by atoms with Crippen molar-refractivity contribution in [2.24, 2.45) is 14.1 Å². The minimum Gasteiger partial charge on any atom is -0.355 e. The second-order valence-electron chi connectivity index (χ2n) is 7.47. The number of aryl methyl sites for hydroxylation is 3. The normalized spacial score (nSPS) is 11.1. The number of nitrogens with zero attached hydrogens (tertiary/aromatic N) is 3. The molecule has 0 saturated heterocycles. The average Bonchev–Trinajstić information content (AvgIpc) is 2.70. The van der Waals surface area contributed by atoms with E-state index in [1.54, 1.807) is 31.3 Å². The van der Waals surface area contributed by atoms with Crippen molar-refractivity contribution in [2.45, 2.75) is 13.8 Å². The first-order chi connectivity index (χ1) is 14.3. The van der Waals surface area contributed by atoms with E-state index in [-0.39, 0.29) is 16.6 Å². The van der Waals surface area contributed by atoms with Gasteiger partial charge in [0, 0.05) is 25.8 Å². The van der Waals surface area contributed by atoms with Crippen LogP contribution in [0.1, 0.15) is 11.1 Å². The van der Waals surface area contributed by atoms with Crippen molar-refractivity contribution in [1.82, 2.24) is 13.7 Å². The Morgan fingerprint density at radius 1 is 0.800 bits per heavy atom. The third-order valence-corrected chi connectivity index (χ3v) is 5.12. The molecule has 152 valence electrons. The summed E-state index contributed by atoms with van der Waals surface area (Å²) in [5, 5.41) is 3.49. The monoisotopic (exact) mass is 402 g/mol. The van der Waals surface area contributed by atoms with E-state index in [1.807, 2.05) is 38.1 Å². The molecule has 0 atom stereocenters. The zero-order valence-electron chi connectivity index (χ0n) is 17.3. The standard InChI is InChI=1S/C23H22N4O3/c1-14-10-15(2)12-16(11-14)24-18-13-19(28)27(17-8-6-5-7-9-17)21-20(18)22(29)26(4)23(30)25(21)3/h5-13,24H,1-4H3. The van der Waals surface area contributed by atoms with E-state index < -0.39 is 11.2 Å². The highest BCUT2D eigenvalue weighted by Crippen LogP contribution is 2.24. The van der Waals surface area contributed by atoms with Gasteiger partial charge in [-0.3, -0.25) is 23.3 Å². The number of benzene rings is 2. The summed E-state index contributed by atoms with van der Waals surface area (Å²) in [4.78, 5) is 38.9. The van der Waals surface area contributed by atoms with E-state index in [1.165, 1.54) is 22.2 Å². The summed E-state index contributed by atoms with van der Waals surface area (Å²) in [5.41, 5.74) is 2.75. The van der Waals surface area contributed by atoms with Crippen molar-refractivity contribution in [3.05, 3.63) is 96.9 Å². The van der Waals surface area contributed by atoms with E-state index in [9.17, 15) is 14.4 Å². The van der Waals surface area contributed by atoms with E-state index in [0.29, 0.717) is 11.4 Å². The molecule has 2 aromatic heterocycles. The largest absolute Gasteiger partial charge is 0.355 e. The number of fused-ring (bicyclic) bond motifs is 1. The zero-order valence-corrected chi connectivity index (χ0v) is 17.3. The molecule has 0 bridgehead atoms. The van der Waals surface area contributed by atoms with Crippen LogP contribution in [0.15, 0.2) is 69.0 Å². The van der Waals surface area contributed by atoms with E-state index in [2.05, 4.69) is 5.32 Å². The minimum atomic E-state index is -0.500. The van der Waals surface area contributed by atoms with Gasteiger partial charge in [-0.25, -0.2) is 4.79 Å². The molecule has 7 heteroatoms. The SMILES string of the molecule is Cc1cc(C)cc(Nc2cc(=O)n(-c3ccccc3)c3c2c(=O)n(C)c(=O)n3C)c1. The van der Waals surface area contributed by atoms with Crippen molar-refractivity contribution in [3.63, 3.8) is 0 Å². The molecule has 0 aliphatic heterocycles. The van der Waals surface area contributed by atoms with Gasteiger partial charge in [0.05, 0.1) is 11.4 Å². The van der Waals surface area contributed by atoms with Gasteiger partial charge in [0.1, 0.15) is 11.0 Å². The number of aromatic nitrogens is 3. The maximum absolute atomic E-state index is 13.1. The third-order valence-electron chi connectivity index (χ3n) is 5.12. The van der Waals surface area contributed by atoms with Crippen LogP contribution >= 0.6 is 0 Å². The molecule has 0 saturated carbocycles. The van der Waals surface area contributed by atoms with Crippen LogP contribution in [0.5, 0.6) is 0 Å². The van der Waals surface area contributed by atoms with Crippen LogP contribution in [-0.4, -0.2) is 13.7 Å². The molecular weight excluding hydrogens is 380 g/mol. The van der Waals surface area contributed by atoms with Crippen LogP contribution in [0.2, 0.25) is 0 Å². The van der Waals surface area contributed by atoms with Gasteiger partial charge in [-0.05, 0) is 49.2 Å². The Balaban J connectivity index is 2.12. The summed E-state index contributed by atoms with van der Waals surface area (Å²) >= 11 is 0. The van der Waals surface area contributed by atoms with Crippen LogP contribution in [-0.2, 0) is 14.1 Å². The maximum atomic E-state index is 13.1. The minimum absolute atomic E-state index is 0.244. The Bertz CT molecular complexity index is 1440. The molecule has 4 rings (SSSR count). The van der Waals surface area contributed by atoms with E-state index >= 15 is 0 Å². The lowest BCUT2D eigenvalue weighted by Crippen LogP contribution is -2.39. The smallest absolute Gasteiger partial charge is 0.332 e. The molecule has 0 amide bonds. The summed E-state index contributed by atoms with van der Waals surface area (Å²) in [6.07, 6.45) is 0. The quantitative estimate of drug-likeness (QED) is 0.572. The summed E-state index contributed by atoms with van der Waals surface area (Å²) in [7, 11) is 2.99. The molecule has 2 heterocycles. The van der Waals surface area contributed by atoms with Crippen molar-refractivity contribution >= 4 is 22.4 Å². The van der Waals surface area contributed by atoms with Crippen molar-refractivity contribution in [1.29, 1.82) is 0 Å². The van der Waals surface area contributed by atoms with Crippen molar-refractivity contribution in [3.8, 4) is 5.69 Å².